The van der Waals surface area contributed by atoms with Gasteiger partial charge in [-0.15, -0.1) is 0 Å². The Kier molecular flexibility index (Phi) is 5.04. The zero-order valence-corrected chi connectivity index (χ0v) is 11.8. The highest BCUT2D eigenvalue weighted by Crippen LogP contribution is 2.31. The van der Waals surface area contributed by atoms with Crippen LogP contribution < -0.4 is 10.6 Å². The maximum atomic E-state index is 12.4. The second-order valence-electron chi connectivity index (χ2n) is 6.15. The minimum absolute atomic E-state index is 0.107. The zero-order valence-electron chi connectivity index (χ0n) is 11.8. The third-order valence-corrected chi connectivity index (χ3v) is 4.77. The Morgan fingerprint density at radius 3 is 2.78 bits per heavy atom. The van der Waals surface area contributed by atoms with Crippen molar-refractivity contribution in [1.82, 2.24) is 10.6 Å². The molecular formula is C15H28N2O. The first kappa shape index (κ1) is 13.9. The number of hydrogen-bond donors (Lipinski definition) is 2. The highest BCUT2D eigenvalue weighted by Gasteiger charge is 2.39. The van der Waals surface area contributed by atoms with Crippen LogP contribution in [-0.2, 0) is 4.79 Å². The van der Waals surface area contributed by atoms with Gasteiger partial charge in [0, 0.05) is 13.1 Å². The van der Waals surface area contributed by atoms with Crippen LogP contribution in [0, 0.1) is 11.3 Å². The molecule has 1 unspecified atom stereocenters. The van der Waals surface area contributed by atoms with Crippen molar-refractivity contribution in [3.63, 3.8) is 0 Å². The van der Waals surface area contributed by atoms with Crippen molar-refractivity contribution in [2.24, 2.45) is 11.3 Å². The van der Waals surface area contributed by atoms with E-state index in [0.29, 0.717) is 5.91 Å². The molecule has 3 heteroatoms. The van der Waals surface area contributed by atoms with E-state index in [2.05, 4.69) is 17.6 Å². The molecule has 0 aromatic carbocycles. The predicted molar refractivity (Wildman–Crippen MR) is 74.4 cm³/mol. The lowest BCUT2D eigenvalue weighted by Gasteiger charge is -2.26. The van der Waals surface area contributed by atoms with Crippen molar-refractivity contribution in [3.8, 4) is 0 Å². The second kappa shape index (κ2) is 6.55. The molecule has 1 aliphatic carbocycles. The largest absolute Gasteiger partial charge is 0.356 e. The Morgan fingerprint density at radius 2 is 2.17 bits per heavy atom. The molecule has 2 rings (SSSR count). The Morgan fingerprint density at radius 1 is 1.39 bits per heavy atom. The first-order valence-corrected chi connectivity index (χ1v) is 7.76. The van der Waals surface area contributed by atoms with Gasteiger partial charge in [-0.3, -0.25) is 4.79 Å². The summed E-state index contributed by atoms with van der Waals surface area (Å²) in [6, 6.07) is 0. The lowest BCUT2D eigenvalue weighted by molar-refractivity contribution is -0.130. The van der Waals surface area contributed by atoms with Crippen LogP contribution in [0.15, 0.2) is 0 Å². The molecule has 1 amide bonds. The first-order chi connectivity index (χ1) is 8.77. The summed E-state index contributed by atoms with van der Waals surface area (Å²) in [6.45, 7) is 4.92. The van der Waals surface area contributed by atoms with Gasteiger partial charge < -0.3 is 10.6 Å². The van der Waals surface area contributed by atoms with Gasteiger partial charge in [0.15, 0.2) is 0 Å². The molecule has 3 nitrogen and oxygen atoms in total. The smallest absolute Gasteiger partial charge is 0.227 e. The zero-order chi connectivity index (χ0) is 12.8. The minimum Gasteiger partial charge on any atom is -0.356 e. The molecule has 2 N–H and O–H groups in total. The van der Waals surface area contributed by atoms with Gasteiger partial charge >= 0.3 is 0 Å². The summed E-state index contributed by atoms with van der Waals surface area (Å²) < 4.78 is 0. The molecule has 1 atom stereocenters. The molecule has 0 radical (unpaired) electrons. The molecule has 1 saturated heterocycles. The number of carbonyl (C=O) groups is 1. The van der Waals surface area contributed by atoms with Crippen molar-refractivity contribution < 1.29 is 4.79 Å². The maximum absolute atomic E-state index is 12.4. The Bertz CT molecular complexity index is 266. The van der Waals surface area contributed by atoms with E-state index in [4.69, 9.17) is 0 Å². The van der Waals surface area contributed by atoms with Gasteiger partial charge in [-0.25, -0.2) is 0 Å². The molecule has 0 aromatic heterocycles. The first-order valence-electron chi connectivity index (χ1n) is 7.76. The quantitative estimate of drug-likeness (QED) is 0.762. The summed E-state index contributed by atoms with van der Waals surface area (Å²) in [4.78, 5) is 12.4. The fourth-order valence-corrected chi connectivity index (χ4v) is 3.62. The molecule has 1 aliphatic heterocycles. The summed E-state index contributed by atoms with van der Waals surface area (Å²) in [5, 5.41) is 6.55. The van der Waals surface area contributed by atoms with Crippen LogP contribution in [0.2, 0.25) is 0 Å². The maximum Gasteiger partial charge on any atom is 0.227 e. The second-order valence-corrected chi connectivity index (χ2v) is 6.15. The van der Waals surface area contributed by atoms with Crippen LogP contribution in [0.3, 0.4) is 0 Å². The number of rotatable bonds is 6. The summed E-state index contributed by atoms with van der Waals surface area (Å²) in [5.74, 6) is 1.17. The van der Waals surface area contributed by atoms with Crippen molar-refractivity contribution in [2.75, 3.05) is 19.6 Å². The van der Waals surface area contributed by atoms with Gasteiger partial charge in [-0.05, 0) is 31.7 Å². The Balaban J connectivity index is 1.74. The monoisotopic (exact) mass is 252 g/mol. The summed E-state index contributed by atoms with van der Waals surface area (Å²) in [6.07, 6.45) is 9.84. The Hall–Kier alpha value is -0.570. The van der Waals surface area contributed by atoms with Crippen molar-refractivity contribution in [3.05, 3.63) is 0 Å². The topological polar surface area (TPSA) is 41.1 Å². The normalized spacial score (nSPS) is 28.7. The average Bonchev–Trinajstić information content (AvgIpc) is 3.01. The van der Waals surface area contributed by atoms with Gasteiger partial charge in [-0.2, -0.15) is 0 Å². The van der Waals surface area contributed by atoms with E-state index in [9.17, 15) is 4.79 Å². The van der Waals surface area contributed by atoms with Gasteiger partial charge in [-0.1, -0.05) is 39.0 Å². The average molecular weight is 252 g/mol. The SMILES string of the molecule is CCCC1(C(=O)NCCC2CCCC2)CCNC1. The van der Waals surface area contributed by atoms with Crippen LogP contribution in [-0.4, -0.2) is 25.5 Å². The van der Waals surface area contributed by atoms with E-state index in [1.807, 2.05) is 0 Å². The van der Waals surface area contributed by atoms with Crippen LogP contribution in [0.1, 0.15) is 58.3 Å². The number of amides is 1. The van der Waals surface area contributed by atoms with Crippen LogP contribution in [0.5, 0.6) is 0 Å². The van der Waals surface area contributed by atoms with E-state index in [1.54, 1.807) is 0 Å². The summed E-state index contributed by atoms with van der Waals surface area (Å²) in [7, 11) is 0. The van der Waals surface area contributed by atoms with Gasteiger partial charge in [0.1, 0.15) is 0 Å². The van der Waals surface area contributed by atoms with Gasteiger partial charge in [0.25, 0.3) is 0 Å². The lowest BCUT2D eigenvalue weighted by atomic mass is 9.81. The van der Waals surface area contributed by atoms with Crippen LogP contribution in [0.4, 0.5) is 0 Å². The minimum atomic E-state index is -0.107. The van der Waals surface area contributed by atoms with Crippen molar-refractivity contribution in [2.45, 2.75) is 58.3 Å². The van der Waals surface area contributed by atoms with E-state index >= 15 is 0 Å². The fourth-order valence-electron chi connectivity index (χ4n) is 3.62. The highest BCUT2D eigenvalue weighted by atomic mass is 16.2. The van der Waals surface area contributed by atoms with Gasteiger partial charge in [0.05, 0.1) is 5.41 Å². The van der Waals surface area contributed by atoms with Crippen LogP contribution >= 0.6 is 0 Å². The molecule has 0 spiro atoms. The number of nitrogens with one attached hydrogen (secondary N) is 2. The molecule has 2 fully saturated rings. The molecule has 1 saturated carbocycles. The number of carbonyl (C=O) groups excluding carboxylic acids is 1. The summed E-state index contributed by atoms with van der Waals surface area (Å²) >= 11 is 0. The summed E-state index contributed by atoms with van der Waals surface area (Å²) in [5.41, 5.74) is -0.107. The fraction of sp³-hybridized carbons (Fsp3) is 0.933. The molecule has 1 heterocycles. The molecule has 0 aromatic rings. The van der Waals surface area contributed by atoms with E-state index in [0.717, 1.165) is 44.8 Å². The molecule has 104 valence electrons. The predicted octanol–water partition coefficient (Wildman–Crippen LogP) is 2.46. The standard InChI is InChI=1S/C15H28N2O/c1-2-8-15(9-11-16-12-15)14(18)17-10-7-13-5-3-4-6-13/h13,16H,2-12H2,1H3,(H,17,18). The highest BCUT2D eigenvalue weighted by molar-refractivity contribution is 5.83. The van der Waals surface area contributed by atoms with Gasteiger partial charge in [0.2, 0.25) is 5.91 Å². The van der Waals surface area contributed by atoms with Crippen LogP contribution in [0.25, 0.3) is 0 Å². The lowest BCUT2D eigenvalue weighted by Crippen LogP contribution is -2.43. The third-order valence-electron chi connectivity index (χ3n) is 4.77. The van der Waals surface area contributed by atoms with Crippen molar-refractivity contribution in [1.29, 1.82) is 0 Å². The molecular weight excluding hydrogens is 224 g/mol. The van der Waals surface area contributed by atoms with E-state index < -0.39 is 0 Å². The number of hydrogen-bond acceptors (Lipinski definition) is 2. The van der Waals surface area contributed by atoms with E-state index in [-0.39, 0.29) is 5.41 Å². The Labute approximate surface area is 111 Å². The molecule has 2 aliphatic rings. The molecule has 0 bridgehead atoms. The third kappa shape index (κ3) is 3.25. The van der Waals surface area contributed by atoms with Crippen molar-refractivity contribution >= 4 is 5.91 Å². The molecule has 18 heavy (non-hydrogen) atoms. The van der Waals surface area contributed by atoms with E-state index in [1.165, 1.54) is 32.1 Å².